The number of nitrogens with zero attached hydrogens (tertiary/aromatic N) is 2. The number of halogens is 2. The lowest BCUT2D eigenvalue weighted by atomic mass is 9.89. The number of hydrogen-bond acceptors (Lipinski definition) is 7. The smallest absolute Gasteiger partial charge is 0.224 e. The van der Waals surface area contributed by atoms with E-state index >= 15 is 0 Å². The molecule has 13 nitrogen and oxygen atoms in total. The van der Waals surface area contributed by atoms with E-state index in [-0.39, 0.29) is 69.3 Å². The normalized spacial score (nSPS) is 13.0. The van der Waals surface area contributed by atoms with Gasteiger partial charge in [-0.15, -0.1) is 0 Å². The predicted molar refractivity (Wildman–Crippen MR) is 236 cm³/mol. The zero-order valence-electron chi connectivity index (χ0n) is 32.9. The molecule has 0 aromatic heterocycles. The minimum Gasteiger partial charge on any atom is -0.370 e. The standard InChI is InChI=1S/C44H53Cl2N9O4/c45-35-17-13-31(14-18-35)29-9-5-27(6-10-29)23-37(47)39(56)26-34(4-2-22-54-44(51)52)42(59)55-38(40(57)25-33(41(48)58)3-1-21-53-43(49)50)24-28-7-11-30(12-8-28)32-15-19-36(46)20-16-32/h5-20,33-34,37-38H,1-4,21-26,47H2,(H2,48,58)(H,55,59)(H4,49,50,53)(H4,51,52,54)/t33-,34-,37+,38-/m1/s1. The van der Waals surface area contributed by atoms with Gasteiger partial charge in [0, 0.05) is 47.8 Å². The van der Waals surface area contributed by atoms with Crippen molar-refractivity contribution in [3.63, 3.8) is 0 Å². The molecule has 4 rings (SSSR count). The van der Waals surface area contributed by atoms with Crippen molar-refractivity contribution >= 4 is 58.5 Å². The number of ketones is 2. The van der Waals surface area contributed by atoms with Crippen molar-refractivity contribution in [1.29, 1.82) is 0 Å². The number of guanidine groups is 2. The van der Waals surface area contributed by atoms with Gasteiger partial charge in [-0.25, -0.2) is 0 Å². The fourth-order valence-electron chi connectivity index (χ4n) is 6.63. The van der Waals surface area contributed by atoms with E-state index in [0.717, 1.165) is 33.4 Å². The molecule has 13 N–H and O–H groups in total. The molecule has 0 unspecified atom stereocenters. The van der Waals surface area contributed by atoms with Crippen molar-refractivity contribution in [3.8, 4) is 22.3 Å². The molecule has 0 saturated heterocycles. The first-order chi connectivity index (χ1) is 28.2. The summed E-state index contributed by atoms with van der Waals surface area (Å²) in [5.74, 6) is -3.74. The van der Waals surface area contributed by atoms with Gasteiger partial charge < -0.3 is 39.7 Å². The quantitative estimate of drug-likeness (QED) is 0.0311. The van der Waals surface area contributed by atoms with Gasteiger partial charge in [-0.2, -0.15) is 0 Å². The molecule has 0 bridgehead atoms. The maximum absolute atomic E-state index is 14.2. The van der Waals surface area contributed by atoms with Crippen molar-refractivity contribution in [2.75, 3.05) is 13.1 Å². The number of rotatable bonds is 23. The number of Topliss-reactive ketones (excluding diaryl/α,β-unsaturated/α-hetero) is 2. The Bertz CT molecular complexity index is 2070. The molecular formula is C44H53Cl2N9O4. The highest BCUT2D eigenvalue weighted by molar-refractivity contribution is 6.31. The predicted octanol–water partition coefficient (Wildman–Crippen LogP) is 4.67. The molecule has 0 spiro atoms. The molecular weight excluding hydrogens is 789 g/mol. The van der Waals surface area contributed by atoms with E-state index in [1.807, 2.05) is 84.9 Å². The van der Waals surface area contributed by atoms with E-state index in [4.69, 9.17) is 57.6 Å². The summed E-state index contributed by atoms with van der Waals surface area (Å²) in [4.78, 5) is 62.3. The van der Waals surface area contributed by atoms with Crippen LogP contribution in [0.15, 0.2) is 107 Å². The molecule has 0 fully saturated rings. The highest BCUT2D eigenvalue weighted by atomic mass is 35.5. The summed E-state index contributed by atoms with van der Waals surface area (Å²) < 4.78 is 0. The summed E-state index contributed by atoms with van der Waals surface area (Å²) >= 11 is 12.1. The van der Waals surface area contributed by atoms with Crippen LogP contribution in [-0.2, 0) is 32.0 Å². The summed E-state index contributed by atoms with van der Waals surface area (Å²) in [7, 11) is 0. The fraction of sp³-hybridized carbons (Fsp3) is 0.318. The minimum absolute atomic E-state index is 0.0854. The Morgan fingerprint density at radius 2 is 0.932 bits per heavy atom. The molecule has 0 saturated carbocycles. The molecule has 0 heterocycles. The summed E-state index contributed by atoms with van der Waals surface area (Å²) in [6.45, 7) is 0.488. The van der Waals surface area contributed by atoms with Gasteiger partial charge in [0.05, 0.1) is 12.1 Å². The Hall–Kier alpha value is -5.76. The van der Waals surface area contributed by atoms with Crippen LogP contribution in [0.25, 0.3) is 22.3 Å². The number of nitrogens with two attached hydrogens (primary N) is 6. The van der Waals surface area contributed by atoms with Crippen molar-refractivity contribution < 1.29 is 19.2 Å². The Morgan fingerprint density at radius 3 is 1.36 bits per heavy atom. The van der Waals surface area contributed by atoms with E-state index < -0.39 is 41.5 Å². The largest absolute Gasteiger partial charge is 0.370 e. The summed E-state index contributed by atoms with van der Waals surface area (Å²) in [5.41, 5.74) is 39.5. The highest BCUT2D eigenvalue weighted by Gasteiger charge is 2.31. The first kappa shape index (κ1) is 45.9. The third kappa shape index (κ3) is 15.5. The number of aliphatic imine (C=N–C) groups is 2. The van der Waals surface area contributed by atoms with Gasteiger partial charge in [0.25, 0.3) is 0 Å². The van der Waals surface area contributed by atoms with Crippen LogP contribution in [0, 0.1) is 11.8 Å². The van der Waals surface area contributed by atoms with Gasteiger partial charge in [-0.1, -0.05) is 96.0 Å². The van der Waals surface area contributed by atoms with Crippen LogP contribution in [-0.4, -0.2) is 60.5 Å². The van der Waals surface area contributed by atoms with Gasteiger partial charge in [0.2, 0.25) is 11.8 Å². The van der Waals surface area contributed by atoms with E-state index in [0.29, 0.717) is 22.9 Å². The molecule has 2 amide bonds. The third-order valence-electron chi connectivity index (χ3n) is 9.96. The van der Waals surface area contributed by atoms with Crippen LogP contribution in [0.4, 0.5) is 0 Å². The SMILES string of the molecule is NC(=O)[C@H](CCCN=C(N)N)CC(=O)[C@@H](Cc1ccc(-c2ccc(Cl)cc2)cc1)NC(=O)[C@H](CCCN=C(N)N)CC(=O)[C@@H](N)Cc1ccc(-c2ccc(Cl)cc2)cc1. The van der Waals surface area contributed by atoms with Gasteiger partial charge in [0.1, 0.15) is 0 Å². The molecule has 4 aromatic rings. The Morgan fingerprint density at radius 1 is 0.542 bits per heavy atom. The number of carbonyl (C=O) groups excluding carboxylic acids is 4. The summed E-state index contributed by atoms with van der Waals surface area (Å²) in [5, 5.41) is 4.18. The molecule has 15 heteroatoms. The van der Waals surface area contributed by atoms with Crippen molar-refractivity contribution in [2.24, 2.45) is 56.2 Å². The molecule has 0 aliphatic heterocycles. The van der Waals surface area contributed by atoms with Crippen molar-refractivity contribution in [1.82, 2.24) is 5.32 Å². The number of nitrogens with one attached hydrogen (secondary N) is 1. The van der Waals surface area contributed by atoms with Crippen LogP contribution in [0.2, 0.25) is 10.0 Å². The molecule has 312 valence electrons. The van der Waals surface area contributed by atoms with Crippen molar-refractivity contribution in [3.05, 3.63) is 118 Å². The minimum atomic E-state index is -1.05. The summed E-state index contributed by atoms with van der Waals surface area (Å²) in [6.07, 6.45) is 1.27. The number of benzene rings is 4. The van der Waals surface area contributed by atoms with Crippen LogP contribution < -0.4 is 39.7 Å². The first-order valence-electron chi connectivity index (χ1n) is 19.4. The summed E-state index contributed by atoms with van der Waals surface area (Å²) in [6, 6.07) is 28.2. The van der Waals surface area contributed by atoms with Gasteiger partial charge in [-0.05, 0) is 96.2 Å². The Balaban J connectivity index is 1.53. The van der Waals surface area contributed by atoms with Gasteiger partial charge in [-0.3, -0.25) is 29.2 Å². The molecule has 59 heavy (non-hydrogen) atoms. The average Bonchev–Trinajstić information content (AvgIpc) is 3.20. The topological polar surface area (TPSA) is 261 Å². The zero-order chi connectivity index (χ0) is 42.9. The maximum atomic E-state index is 14.2. The zero-order valence-corrected chi connectivity index (χ0v) is 34.4. The van der Waals surface area contributed by atoms with E-state index in [9.17, 15) is 19.2 Å². The highest BCUT2D eigenvalue weighted by Crippen LogP contribution is 2.25. The molecule has 0 aliphatic rings. The van der Waals surface area contributed by atoms with Crippen LogP contribution in [0.1, 0.15) is 49.7 Å². The lowest BCUT2D eigenvalue weighted by Crippen LogP contribution is -2.47. The Kier molecular flexibility index (Phi) is 17.9. The molecule has 0 aliphatic carbocycles. The average molecular weight is 843 g/mol. The van der Waals surface area contributed by atoms with Crippen LogP contribution >= 0.6 is 23.2 Å². The third-order valence-corrected chi connectivity index (χ3v) is 10.5. The lowest BCUT2D eigenvalue weighted by Gasteiger charge is -2.24. The van der Waals surface area contributed by atoms with E-state index in [1.54, 1.807) is 12.1 Å². The fourth-order valence-corrected chi connectivity index (χ4v) is 6.88. The van der Waals surface area contributed by atoms with E-state index in [1.165, 1.54) is 0 Å². The molecule has 0 radical (unpaired) electrons. The van der Waals surface area contributed by atoms with Crippen LogP contribution in [0.5, 0.6) is 0 Å². The molecule has 4 atom stereocenters. The second-order valence-corrected chi connectivity index (χ2v) is 15.4. The molecule has 4 aromatic carbocycles. The monoisotopic (exact) mass is 841 g/mol. The van der Waals surface area contributed by atoms with E-state index in [2.05, 4.69) is 15.3 Å². The number of carbonyl (C=O) groups is 4. The second-order valence-electron chi connectivity index (χ2n) is 14.5. The number of hydrogen-bond donors (Lipinski definition) is 7. The second kappa shape index (κ2) is 23.0. The Labute approximate surface area is 355 Å². The van der Waals surface area contributed by atoms with Gasteiger partial charge in [0.15, 0.2) is 23.5 Å². The van der Waals surface area contributed by atoms with Crippen LogP contribution in [0.3, 0.4) is 0 Å². The number of amides is 2. The lowest BCUT2D eigenvalue weighted by molar-refractivity contribution is -0.134. The van der Waals surface area contributed by atoms with Crippen molar-refractivity contribution in [2.45, 2.75) is 63.5 Å². The maximum Gasteiger partial charge on any atom is 0.224 e. The van der Waals surface area contributed by atoms with Gasteiger partial charge >= 0.3 is 0 Å². The number of primary amides is 1. The first-order valence-corrected chi connectivity index (χ1v) is 20.1.